The molecule has 0 bridgehead atoms. The van der Waals surface area contributed by atoms with Gasteiger partial charge in [0.15, 0.2) is 0 Å². The molecule has 0 radical (unpaired) electrons. The summed E-state index contributed by atoms with van der Waals surface area (Å²) in [6.45, 7) is 5.43. The van der Waals surface area contributed by atoms with Gasteiger partial charge in [-0.1, -0.05) is 48.0 Å². The third kappa shape index (κ3) is 4.71. The average Bonchev–Trinajstić information content (AvgIpc) is 3.10. The average molecular weight is 422 g/mol. The molecule has 0 aliphatic heterocycles. The molecule has 0 atom stereocenters. The molecular formula is C24H23FN2O4. The fourth-order valence-corrected chi connectivity index (χ4v) is 3.27. The Kier molecular flexibility index (Phi) is 6.65. The quantitative estimate of drug-likeness (QED) is 0.341. The van der Waals surface area contributed by atoms with Crippen molar-refractivity contribution in [1.29, 1.82) is 0 Å². The molecule has 0 saturated heterocycles. The zero-order valence-electron chi connectivity index (χ0n) is 17.5. The summed E-state index contributed by atoms with van der Waals surface area (Å²) in [5, 5.41) is 2.57. The van der Waals surface area contributed by atoms with Crippen molar-refractivity contribution >= 4 is 17.7 Å². The number of aryl methyl sites for hydroxylation is 2. The molecule has 1 amide bonds. The van der Waals surface area contributed by atoms with Gasteiger partial charge in [-0.15, -0.1) is 0 Å². The second-order valence-electron chi connectivity index (χ2n) is 7.07. The minimum Gasteiger partial charge on any atom is -0.462 e. The van der Waals surface area contributed by atoms with Gasteiger partial charge in [0.25, 0.3) is 11.7 Å². The van der Waals surface area contributed by atoms with Gasteiger partial charge < -0.3 is 15.0 Å². The molecule has 31 heavy (non-hydrogen) atoms. The second kappa shape index (κ2) is 9.38. The van der Waals surface area contributed by atoms with Crippen molar-refractivity contribution in [3.05, 3.63) is 82.4 Å². The van der Waals surface area contributed by atoms with Gasteiger partial charge >= 0.3 is 5.97 Å². The number of aromatic amines is 1. The van der Waals surface area contributed by atoms with Crippen LogP contribution in [0.1, 0.15) is 44.6 Å². The Bertz CT molecular complexity index is 1130. The summed E-state index contributed by atoms with van der Waals surface area (Å²) in [6, 6.07) is 13.3. The minimum atomic E-state index is -0.899. The van der Waals surface area contributed by atoms with Crippen LogP contribution in [0.15, 0.2) is 48.5 Å². The first-order valence-corrected chi connectivity index (χ1v) is 9.86. The van der Waals surface area contributed by atoms with Gasteiger partial charge in [-0.25, -0.2) is 9.18 Å². The Balaban J connectivity index is 1.97. The summed E-state index contributed by atoms with van der Waals surface area (Å²) < 4.78 is 19.7. The number of benzene rings is 2. The first kappa shape index (κ1) is 22.0. The van der Waals surface area contributed by atoms with E-state index in [-0.39, 0.29) is 35.5 Å². The van der Waals surface area contributed by atoms with Crippen molar-refractivity contribution in [2.45, 2.75) is 27.3 Å². The van der Waals surface area contributed by atoms with Crippen molar-refractivity contribution in [3.63, 3.8) is 0 Å². The number of aromatic nitrogens is 1. The van der Waals surface area contributed by atoms with Crippen molar-refractivity contribution in [1.82, 2.24) is 10.3 Å². The summed E-state index contributed by atoms with van der Waals surface area (Å²) in [5.74, 6) is -3.09. The molecule has 6 nitrogen and oxygen atoms in total. The lowest BCUT2D eigenvalue weighted by atomic mass is 9.97. The number of ketones is 1. The third-order valence-electron chi connectivity index (χ3n) is 4.82. The normalized spacial score (nSPS) is 10.6. The highest BCUT2D eigenvalue weighted by Gasteiger charge is 2.30. The number of carbonyl (C=O) groups is 3. The molecule has 2 N–H and O–H groups in total. The maximum absolute atomic E-state index is 14.6. The van der Waals surface area contributed by atoms with E-state index in [1.54, 1.807) is 19.9 Å². The van der Waals surface area contributed by atoms with E-state index in [0.717, 1.165) is 11.1 Å². The molecule has 1 aromatic heterocycles. The van der Waals surface area contributed by atoms with Gasteiger partial charge in [-0.2, -0.15) is 0 Å². The zero-order valence-corrected chi connectivity index (χ0v) is 17.5. The van der Waals surface area contributed by atoms with Crippen LogP contribution in [0.5, 0.6) is 0 Å². The number of halogens is 1. The highest BCUT2D eigenvalue weighted by molar-refractivity contribution is 6.43. The van der Waals surface area contributed by atoms with Gasteiger partial charge in [0.2, 0.25) is 0 Å². The van der Waals surface area contributed by atoms with Crippen molar-refractivity contribution in [3.8, 4) is 11.1 Å². The molecule has 7 heteroatoms. The van der Waals surface area contributed by atoms with Gasteiger partial charge in [0, 0.05) is 23.4 Å². The van der Waals surface area contributed by atoms with E-state index in [1.165, 1.54) is 18.2 Å². The molecule has 0 fully saturated rings. The number of rotatable bonds is 7. The van der Waals surface area contributed by atoms with Crippen LogP contribution in [0.4, 0.5) is 4.39 Å². The molecule has 2 aromatic carbocycles. The largest absolute Gasteiger partial charge is 0.462 e. The van der Waals surface area contributed by atoms with E-state index >= 15 is 0 Å². The number of Topliss-reactive ketones (excluding diaryl/α,β-unsaturated/α-hetero) is 1. The van der Waals surface area contributed by atoms with Crippen molar-refractivity contribution in [2.24, 2.45) is 0 Å². The fourth-order valence-electron chi connectivity index (χ4n) is 3.27. The Morgan fingerprint density at radius 2 is 1.71 bits per heavy atom. The summed E-state index contributed by atoms with van der Waals surface area (Å²) in [5.41, 5.74) is 2.14. The smallest absolute Gasteiger partial charge is 0.340 e. The summed E-state index contributed by atoms with van der Waals surface area (Å²) in [4.78, 5) is 40.9. The van der Waals surface area contributed by atoms with Crippen LogP contribution in [-0.4, -0.2) is 29.3 Å². The second-order valence-corrected chi connectivity index (χ2v) is 7.07. The maximum Gasteiger partial charge on any atom is 0.340 e. The molecule has 0 aliphatic rings. The Morgan fingerprint density at radius 3 is 2.35 bits per heavy atom. The predicted molar refractivity (Wildman–Crippen MR) is 114 cm³/mol. The molecular weight excluding hydrogens is 399 g/mol. The van der Waals surface area contributed by atoms with Gasteiger partial charge in [-0.3, -0.25) is 9.59 Å². The topological polar surface area (TPSA) is 88.3 Å². The van der Waals surface area contributed by atoms with E-state index in [4.69, 9.17) is 4.74 Å². The minimum absolute atomic E-state index is 0.0181. The summed E-state index contributed by atoms with van der Waals surface area (Å²) in [6.07, 6.45) is 0. The SMILES string of the molecule is CCOC(=O)c1c(C)[nH]c(C(=O)C(=O)NCc2ccc(C)cc2)c1-c1ccccc1F. The van der Waals surface area contributed by atoms with E-state index in [2.05, 4.69) is 10.3 Å². The Hall–Kier alpha value is -3.74. The molecule has 1 heterocycles. The number of H-pyrrole nitrogens is 1. The predicted octanol–water partition coefficient (Wildman–Crippen LogP) is 4.11. The number of hydrogen-bond acceptors (Lipinski definition) is 4. The lowest BCUT2D eigenvalue weighted by molar-refractivity contribution is -0.117. The maximum atomic E-state index is 14.6. The number of carbonyl (C=O) groups excluding carboxylic acids is 3. The lowest BCUT2D eigenvalue weighted by Gasteiger charge is -2.09. The lowest BCUT2D eigenvalue weighted by Crippen LogP contribution is -2.31. The van der Waals surface area contributed by atoms with Crippen molar-refractivity contribution < 1.29 is 23.5 Å². The molecule has 0 saturated carbocycles. The van der Waals surface area contributed by atoms with Crippen LogP contribution in [-0.2, 0) is 16.1 Å². The highest BCUT2D eigenvalue weighted by atomic mass is 19.1. The van der Waals surface area contributed by atoms with E-state index in [1.807, 2.05) is 31.2 Å². The molecule has 0 spiro atoms. The zero-order chi connectivity index (χ0) is 22.5. The van der Waals surface area contributed by atoms with Gasteiger partial charge in [-0.05, 0) is 32.4 Å². The van der Waals surface area contributed by atoms with E-state index in [0.29, 0.717) is 5.69 Å². The number of esters is 1. The highest BCUT2D eigenvalue weighted by Crippen LogP contribution is 2.33. The number of ether oxygens (including phenoxy) is 1. The molecule has 0 unspecified atom stereocenters. The summed E-state index contributed by atoms with van der Waals surface area (Å²) in [7, 11) is 0. The van der Waals surface area contributed by atoms with Gasteiger partial charge in [0.05, 0.1) is 12.2 Å². The Morgan fingerprint density at radius 1 is 1.03 bits per heavy atom. The monoisotopic (exact) mass is 422 g/mol. The van der Waals surface area contributed by atoms with Crippen molar-refractivity contribution in [2.75, 3.05) is 6.61 Å². The van der Waals surface area contributed by atoms with Crippen LogP contribution in [0.2, 0.25) is 0 Å². The first-order chi connectivity index (χ1) is 14.8. The molecule has 0 aliphatic carbocycles. The molecule has 3 aromatic rings. The van der Waals surface area contributed by atoms with Crippen LogP contribution < -0.4 is 5.32 Å². The van der Waals surface area contributed by atoms with Crippen LogP contribution in [0.25, 0.3) is 11.1 Å². The standard InChI is InChI=1S/C24H23FN2O4/c1-4-31-24(30)19-15(3)27-21(20(19)17-7-5-6-8-18(17)25)22(28)23(29)26-13-16-11-9-14(2)10-12-16/h5-12,27H,4,13H2,1-3H3,(H,26,29). The number of amides is 1. The summed E-state index contributed by atoms with van der Waals surface area (Å²) >= 11 is 0. The number of nitrogens with one attached hydrogen (secondary N) is 2. The fraction of sp³-hybridized carbons (Fsp3) is 0.208. The Labute approximate surface area is 179 Å². The van der Waals surface area contributed by atoms with E-state index < -0.39 is 23.5 Å². The van der Waals surface area contributed by atoms with Crippen LogP contribution >= 0.6 is 0 Å². The number of hydrogen-bond donors (Lipinski definition) is 2. The van der Waals surface area contributed by atoms with Crippen LogP contribution in [0, 0.1) is 19.7 Å². The molecule has 3 rings (SSSR count). The third-order valence-corrected chi connectivity index (χ3v) is 4.82. The van der Waals surface area contributed by atoms with E-state index in [9.17, 15) is 18.8 Å². The van der Waals surface area contributed by atoms with Crippen LogP contribution in [0.3, 0.4) is 0 Å². The molecule has 160 valence electrons. The van der Waals surface area contributed by atoms with Gasteiger partial charge in [0.1, 0.15) is 11.5 Å². The first-order valence-electron chi connectivity index (χ1n) is 9.86.